The van der Waals surface area contributed by atoms with Crippen molar-refractivity contribution in [1.82, 2.24) is 9.13 Å². The van der Waals surface area contributed by atoms with Gasteiger partial charge in [0.15, 0.2) is 0 Å². The molecule has 2 heteroatoms. The lowest BCUT2D eigenvalue weighted by Crippen LogP contribution is -2.01. The summed E-state index contributed by atoms with van der Waals surface area (Å²) in [6.07, 6.45) is 0. The standard InChI is InChI=1S/C42H28N2/c1-4-14-29(15-5-1)31-24-25-33(30-16-6-2-7-17-30)40(28-31)44-39-23-13-11-21-35(39)37-27-26-36-34-20-10-12-22-38(34)43(41(36)42(37)44)32-18-8-3-9-19-32/h1-28H/i27D. The van der Waals surface area contributed by atoms with Gasteiger partial charge in [-0.05, 0) is 47.0 Å². The van der Waals surface area contributed by atoms with E-state index in [1.807, 2.05) is 0 Å². The summed E-state index contributed by atoms with van der Waals surface area (Å²) in [7, 11) is 0. The van der Waals surface area contributed by atoms with Crippen LogP contribution in [-0.2, 0) is 0 Å². The highest BCUT2D eigenvalue weighted by atomic mass is 15.0. The van der Waals surface area contributed by atoms with Crippen LogP contribution in [0.5, 0.6) is 0 Å². The molecule has 2 aromatic heterocycles. The fraction of sp³-hybridized carbons (Fsp3) is 0. The number of hydrogen-bond acceptors (Lipinski definition) is 0. The Morgan fingerprint density at radius 1 is 0.386 bits per heavy atom. The van der Waals surface area contributed by atoms with Gasteiger partial charge in [-0.25, -0.2) is 0 Å². The summed E-state index contributed by atoms with van der Waals surface area (Å²) in [4.78, 5) is 0. The fourth-order valence-electron chi connectivity index (χ4n) is 6.88. The molecule has 206 valence electrons. The Kier molecular flexibility index (Phi) is 5.31. The third kappa shape index (κ3) is 3.68. The van der Waals surface area contributed by atoms with Crippen molar-refractivity contribution in [1.29, 1.82) is 0 Å². The Balaban J connectivity index is 1.53. The maximum atomic E-state index is 9.46. The van der Waals surface area contributed by atoms with Crippen LogP contribution in [0.1, 0.15) is 1.37 Å². The van der Waals surface area contributed by atoms with Crippen molar-refractivity contribution < 1.29 is 1.37 Å². The van der Waals surface area contributed by atoms with Gasteiger partial charge < -0.3 is 9.13 Å². The summed E-state index contributed by atoms with van der Waals surface area (Å²) in [6, 6.07) is 58.3. The predicted molar refractivity (Wildman–Crippen MR) is 186 cm³/mol. The number of para-hydroxylation sites is 3. The average Bonchev–Trinajstić information content (AvgIpc) is 3.63. The fourth-order valence-corrected chi connectivity index (χ4v) is 6.88. The van der Waals surface area contributed by atoms with Gasteiger partial charge >= 0.3 is 0 Å². The molecule has 0 aliphatic heterocycles. The smallest absolute Gasteiger partial charge is 0.0789 e. The molecular formula is C42H28N2. The second kappa shape index (κ2) is 9.86. The van der Waals surface area contributed by atoms with E-state index in [2.05, 4.69) is 173 Å². The summed E-state index contributed by atoms with van der Waals surface area (Å²) < 4.78 is 14.3. The minimum absolute atomic E-state index is 0.531. The number of aromatic nitrogens is 2. The molecule has 0 spiro atoms. The van der Waals surface area contributed by atoms with Crippen molar-refractivity contribution in [3.63, 3.8) is 0 Å². The van der Waals surface area contributed by atoms with Crippen LogP contribution < -0.4 is 0 Å². The lowest BCUT2D eigenvalue weighted by molar-refractivity contribution is 1.15. The minimum Gasteiger partial charge on any atom is -0.307 e. The zero-order chi connectivity index (χ0) is 29.9. The van der Waals surface area contributed by atoms with Crippen molar-refractivity contribution in [3.8, 4) is 33.6 Å². The van der Waals surface area contributed by atoms with Crippen molar-refractivity contribution in [2.45, 2.75) is 0 Å². The molecule has 2 heterocycles. The van der Waals surface area contributed by atoms with Crippen molar-refractivity contribution in [2.75, 3.05) is 0 Å². The van der Waals surface area contributed by atoms with E-state index in [1.165, 1.54) is 5.56 Å². The van der Waals surface area contributed by atoms with Crippen molar-refractivity contribution in [3.05, 3.63) is 170 Å². The zero-order valence-electron chi connectivity index (χ0n) is 25.0. The van der Waals surface area contributed by atoms with E-state index in [-0.39, 0.29) is 0 Å². The van der Waals surface area contributed by atoms with Crippen LogP contribution in [0.4, 0.5) is 0 Å². The molecule has 44 heavy (non-hydrogen) atoms. The second-order valence-electron chi connectivity index (χ2n) is 11.3. The number of hydrogen-bond donors (Lipinski definition) is 0. The molecule has 9 rings (SSSR count). The molecule has 0 unspecified atom stereocenters. The van der Waals surface area contributed by atoms with E-state index in [0.29, 0.717) is 6.04 Å². The van der Waals surface area contributed by atoms with Gasteiger partial charge in [-0.15, -0.1) is 0 Å². The highest BCUT2D eigenvalue weighted by molar-refractivity contribution is 6.24. The van der Waals surface area contributed by atoms with Crippen LogP contribution in [0, 0.1) is 0 Å². The van der Waals surface area contributed by atoms with E-state index >= 15 is 0 Å². The van der Waals surface area contributed by atoms with Gasteiger partial charge in [0, 0.05) is 32.8 Å². The number of fused-ring (bicyclic) bond motifs is 7. The van der Waals surface area contributed by atoms with E-state index in [4.69, 9.17) is 0 Å². The van der Waals surface area contributed by atoms with E-state index < -0.39 is 0 Å². The molecule has 0 aliphatic rings. The maximum absolute atomic E-state index is 9.46. The largest absolute Gasteiger partial charge is 0.307 e. The molecule has 0 N–H and O–H groups in total. The first-order valence-electron chi connectivity index (χ1n) is 15.5. The van der Waals surface area contributed by atoms with Crippen molar-refractivity contribution >= 4 is 43.6 Å². The lowest BCUT2D eigenvalue weighted by Gasteiger charge is -2.17. The van der Waals surface area contributed by atoms with Gasteiger partial charge in [0.1, 0.15) is 0 Å². The summed E-state index contributed by atoms with van der Waals surface area (Å²) in [5, 5.41) is 4.26. The quantitative estimate of drug-likeness (QED) is 0.202. The van der Waals surface area contributed by atoms with Crippen LogP contribution in [0.25, 0.3) is 77.2 Å². The molecule has 0 bridgehead atoms. The number of rotatable bonds is 4. The Morgan fingerprint density at radius 3 is 1.64 bits per heavy atom. The van der Waals surface area contributed by atoms with Crippen LogP contribution in [0.15, 0.2) is 170 Å². The minimum atomic E-state index is 0.531. The van der Waals surface area contributed by atoms with Gasteiger partial charge in [0.25, 0.3) is 0 Å². The van der Waals surface area contributed by atoms with E-state index in [9.17, 15) is 1.37 Å². The topological polar surface area (TPSA) is 9.86 Å². The van der Waals surface area contributed by atoms with Crippen LogP contribution in [-0.4, -0.2) is 9.13 Å². The summed E-state index contributed by atoms with van der Waals surface area (Å²) in [5.74, 6) is 0. The van der Waals surface area contributed by atoms with Crippen LogP contribution in [0.2, 0.25) is 0 Å². The Hall–Kier alpha value is -5.86. The number of benzene rings is 7. The lowest BCUT2D eigenvalue weighted by atomic mass is 9.98. The molecule has 0 saturated carbocycles. The third-order valence-electron chi connectivity index (χ3n) is 8.82. The second-order valence-corrected chi connectivity index (χ2v) is 11.3. The highest BCUT2D eigenvalue weighted by Crippen LogP contribution is 2.43. The average molecular weight is 562 g/mol. The van der Waals surface area contributed by atoms with E-state index in [1.54, 1.807) is 0 Å². The third-order valence-corrected chi connectivity index (χ3v) is 8.82. The van der Waals surface area contributed by atoms with E-state index in [0.717, 1.165) is 71.7 Å². The molecule has 0 saturated heterocycles. The van der Waals surface area contributed by atoms with Gasteiger partial charge in [-0.3, -0.25) is 0 Å². The Morgan fingerprint density at radius 2 is 0.932 bits per heavy atom. The molecule has 7 aromatic carbocycles. The Labute approximate surface area is 257 Å². The van der Waals surface area contributed by atoms with Crippen molar-refractivity contribution in [2.24, 2.45) is 0 Å². The molecule has 0 radical (unpaired) electrons. The molecule has 0 atom stereocenters. The van der Waals surface area contributed by atoms with Gasteiger partial charge in [-0.1, -0.05) is 140 Å². The first-order chi connectivity index (χ1) is 22.3. The van der Waals surface area contributed by atoms with Crippen LogP contribution in [0.3, 0.4) is 0 Å². The van der Waals surface area contributed by atoms with Crippen LogP contribution >= 0.6 is 0 Å². The molecule has 9 aromatic rings. The maximum Gasteiger partial charge on any atom is 0.0789 e. The molecule has 0 aliphatic carbocycles. The summed E-state index contributed by atoms with van der Waals surface area (Å²) >= 11 is 0. The predicted octanol–water partition coefficient (Wildman–Crippen LogP) is 11.2. The summed E-state index contributed by atoms with van der Waals surface area (Å²) in [6.45, 7) is 0. The van der Waals surface area contributed by atoms with Gasteiger partial charge in [-0.2, -0.15) is 0 Å². The first-order valence-corrected chi connectivity index (χ1v) is 15.0. The molecule has 2 nitrogen and oxygen atoms in total. The molecular weight excluding hydrogens is 532 g/mol. The summed E-state index contributed by atoms with van der Waals surface area (Å²) in [5.41, 5.74) is 11.2. The number of nitrogens with zero attached hydrogens (tertiary/aromatic N) is 2. The molecule has 0 amide bonds. The van der Waals surface area contributed by atoms with Gasteiger partial charge in [0.2, 0.25) is 0 Å². The molecule has 0 fully saturated rings. The SMILES string of the molecule is [2H]c1cc2c3ccccc3n(-c3ccccc3)c2c2c1c1ccccc1n2-c1cc(-c2ccccc2)ccc1-c1ccccc1. The zero-order valence-corrected chi connectivity index (χ0v) is 24.0. The first kappa shape index (κ1) is 23.7. The monoisotopic (exact) mass is 561 g/mol. The highest BCUT2D eigenvalue weighted by Gasteiger charge is 2.22. The normalized spacial score (nSPS) is 12.0. The van der Waals surface area contributed by atoms with Gasteiger partial charge in [0.05, 0.1) is 29.1 Å². The Bertz CT molecular complexity index is 2520.